The molecule has 0 aliphatic rings. The molecular weight excluding hydrogens is 352 g/mol. The van der Waals surface area contributed by atoms with E-state index < -0.39 is 28.7 Å². The van der Waals surface area contributed by atoms with Crippen LogP contribution in [-0.2, 0) is 20.9 Å². The van der Waals surface area contributed by atoms with Crippen LogP contribution in [0.1, 0.15) is 58.8 Å². The third-order valence-electron chi connectivity index (χ3n) is 3.02. The number of hydrogen-bond acceptors (Lipinski definition) is 6. The monoisotopic (exact) mass is 382 g/mol. The van der Waals surface area contributed by atoms with Crippen LogP contribution in [0.2, 0.25) is 0 Å². The molecule has 1 amide bonds. The quantitative estimate of drug-likeness (QED) is 0.555. The predicted octanol–water partition coefficient (Wildman–Crippen LogP) is 2.99. The smallest absolute Gasteiger partial charge is 0.434 e. The number of rotatable bonds is 6. The van der Waals surface area contributed by atoms with Crippen LogP contribution in [0.4, 0.5) is 4.79 Å². The summed E-state index contributed by atoms with van der Waals surface area (Å²) in [4.78, 5) is 41.8. The Morgan fingerprint density at radius 2 is 1.74 bits per heavy atom. The first kappa shape index (κ1) is 22.7. The average Bonchev–Trinajstić information content (AvgIpc) is 2.50. The Morgan fingerprint density at radius 1 is 1.11 bits per heavy atom. The standard InChI is InChI=1S/C19H30N2O6/c1-8-25-16(23)14-13-20(10-9-15(14)22)11-12-21(27-19(5,6)7)17(24)26-18(2,3)4/h9-10,13H,8,11-12H2,1-7H3. The van der Waals surface area contributed by atoms with Crippen molar-refractivity contribution < 1.29 is 23.9 Å². The zero-order valence-corrected chi connectivity index (χ0v) is 17.2. The van der Waals surface area contributed by atoms with Gasteiger partial charge in [-0.1, -0.05) is 0 Å². The molecule has 8 nitrogen and oxygen atoms in total. The fraction of sp³-hybridized carbons (Fsp3) is 0.632. The highest BCUT2D eigenvalue weighted by molar-refractivity contribution is 5.88. The van der Waals surface area contributed by atoms with Gasteiger partial charge in [-0.2, -0.15) is 5.06 Å². The van der Waals surface area contributed by atoms with E-state index in [4.69, 9.17) is 14.3 Å². The molecule has 0 radical (unpaired) electrons. The van der Waals surface area contributed by atoms with Crippen molar-refractivity contribution in [3.8, 4) is 0 Å². The fourth-order valence-electron chi connectivity index (χ4n) is 2.05. The van der Waals surface area contributed by atoms with E-state index in [0.717, 1.165) is 5.06 Å². The van der Waals surface area contributed by atoms with Crippen molar-refractivity contribution in [3.05, 3.63) is 34.2 Å². The van der Waals surface area contributed by atoms with E-state index in [1.165, 1.54) is 18.5 Å². The number of carbonyl (C=O) groups excluding carboxylic acids is 2. The maximum Gasteiger partial charge on any atom is 0.434 e. The minimum atomic E-state index is -0.674. The van der Waals surface area contributed by atoms with Crippen molar-refractivity contribution in [2.45, 2.75) is 66.2 Å². The van der Waals surface area contributed by atoms with Crippen molar-refractivity contribution in [2.75, 3.05) is 13.2 Å². The Hall–Kier alpha value is -2.35. The summed E-state index contributed by atoms with van der Waals surface area (Å²) in [6.07, 6.45) is 2.34. The summed E-state index contributed by atoms with van der Waals surface area (Å²) in [5.41, 5.74) is -1.73. The number of hydroxylamine groups is 2. The number of esters is 1. The lowest BCUT2D eigenvalue weighted by Crippen LogP contribution is -2.43. The molecule has 1 aromatic rings. The van der Waals surface area contributed by atoms with Gasteiger partial charge in [-0.15, -0.1) is 0 Å². The van der Waals surface area contributed by atoms with Crippen LogP contribution in [0.15, 0.2) is 23.3 Å². The Kier molecular flexibility index (Phi) is 7.59. The molecule has 0 atom stereocenters. The summed E-state index contributed by atoms with van der Waals surface area (Å²) in [7, 11) is 0. The zero-order valence-electron chi connectivity index (χ0n) is 17.2. The number of hydrogen-bond donors (Lipinski definition) is 0. The predicted molar refractivity (Wildman–Crippen MR) is 100 cm³/mol. The minimum absolute atomic E-state index is 0.0556. The molecule has 1 heterocycles. The molecule has 0 aliphatic carbocycles. The number of carbonyl (C=O) groups is 2. The molecular formula is C19H30N2O6. The van der Waals surface area contributed by atoms with Crippen LogP contribution in [0.5, 0.6) is 0 Å². The highest BCUT2D eigenvalue weighted by Gasteiger charge is 2.27. The van der Waals surface area contributed by atoms with Gasteiger partial charge in [-0.25, -0.2) is 9.59 Å². The molecule has 0 aromatic carbocycles. The van der Waals surface area contributed by atoms with Crippen LogP contribution < -0.4 is 5.43 Å². The summed E-state index contributed by atoms with van der Waals surface area (Å²) in [5.74, 6) is -0.674. The summed E-state index contributed by atoms with van der Waals surface area (Å²) in [6.45, 7) is 13.1. The first-order valence-electron chi connectivity index (χ1n) is 8.89. The van der Waals surface area contributed by atoms with Crippen LogP contribution in [-0.4, -0.2) is 46.0 Å². The van der Waals surface area contributed by atoms with Gasteiger partial charge in [-0.05, 0) is 48.5 Å². The van der Waals surface area contributed by atoms with E-state index in [-0.39, 0.29) is 18.7 Å². The van der Waals surface area contributed by atoms with Gasteiger partial charge in [0.15, 0.2) is 5.43 Å². The fourth-order valence-corrected chi connectivity index (χ4v) is 2.05. The maximum absolute atomic E-state index is 12.4. The van der Waals surface area contributed by atoms with Crippen LogP contribution in [0.25, 0.3) is 0 Å². The van der Waals surface area contributed by atoms with Crippen LogP contribution >= 0.6 is 0 Å². The van der Waals surface area contributed by atoms with Crippen molar-refractivity contribution in [1.82, 2.24) is 9.63 Å². The Balaban J connectivity index is 2.94. The molecule has 152 valence electrons. The molecule has 0 spiro atoms. The second-order valence-corrected chi connectivity index (χ2v) is 7.97. The summed E-state index contributed by atoms with van der Waals surface area (Å²) >= 11 is 0. The molecule has 0 bridgehead atoms. The molecule has 8 heteroatoms. The number of ether oxygens (including phenoxy) is 2. The lowest BCUT2D eigenvalue weighted by atomic mass is 10.2. The molecule has 0 saturated carbocycles. The molecule has 0 N–H and O–H groups in total. The summed E-state index contributed by atoms with van der Waals surface area (Å²) in [5, 5.41) is 1.15. The molecule has 1 rings (SSSR count). The highest BCUT2D eigenvalue weighted by Crippen LogP contribution is 2.15. The van der Waals surface area contributed by atoms with Gasteiger partial charge in [0.1, 0.15) is 11.2 Å². The van der Waals surface area contributed by atoms with Gasteiger partial charge in [-0.3, -0.25) is 9.63 Å². The Morgan fingerprint density at radius 3 is 2.26 bits per heavy atom. The topological polar surface area (TPSA) is 87.1 Å². The van der Waals surface area contributed by atoms with Crippen molar-refractivity contribution in [3.63, 3.8) is 0 Å². The second-order valence-electron chi connectivity index (χ2n) is 7.97. The van der Waals surface area contributed by atoms with Gasteiger partial charge in [0.2, 0.25) is 0 Å². The lowest BCUT2D eigenvalue weighted by Gasteiger charge is -2.31. The zero-order chi connectivity index (χ0) is 20.8. The first-order valence-corrected chi connectivity index (χ1v) is 8.89. The van der Waals surface area contributed by atoms with Gasteiger partial charge < -0.3 is 14.0 Å². The van der Waals surface area contributed by atoms with E-state index in [1.807, 2.05) is 20.8 Å². The van der Waals surface area contributed by atoms with E-state index in [1.54, 1.807) is 32.3 Å². The third kappa shape index (κ3) is 8.25. The van der Waals surface area contributed by atoms with Gasteiger partial charge in [0, 0.05) is 25.0 Å². The van der Waals surface area contributed by atoms with E-state index >= 15 is 0 Å². The summed E-state index contributed by atoms with van der Waals surface area (Å²) in [6, 6.07) is 1.29. The minimum Gasteiger partial charge on any atom is -0.462 e. The third-order valence-corrected chi connectivity index (χ3v) is 3.02. The maximum atomic E-state index is 12.4. The first-order chi connectivity index (χ1) is 12.3. The molecule has 0 aliphatic heterocycles. The largest absolute Gasteiger partial charge is 0.462 e. The van der Waals surface area contributed by atoms with Crippen LogP contribution in [0, 0.1) is 0 Å². The molecule has 27 heavy (non-hydrogen) atoms. The Bertz CT molecular complexity index is 712. The van der Waals surface area contributed by atoms with E-state index in [0.29, 0.717) is 6.54 Å². The Labute approximate surface area is 160 Å². The summed E-state index contributed by atoms with van der Waals surface area (Å²) < 4.78 is 11.9. The molecule has 1 aromatic heterocycles. The number of nitrogens with zero attached hydrogens (tertiary/aromatic N) is 2. The van der Waals surface area contributed by atoms with Crippen molar-refractivity contribution >= 4 is 12.1 Å². The SMILES string of the molecule is CCOC(=O)c1cn(CCN(OC(C)(C)C)C(=O)OC(C)(C)C)ccc1=O. The van der Waals surface area contributed by atoms with Gasteiger partial charge >= 0.3 is 12.1 Å². The number of amides is 1. The van der Waals surface area contributed by atoms with Crippen LogP contribution in [0.3, 0.4) is 0 Å². The number of aromatic nitrogens is 1. The molecule has 0 fully saturated rings. The van der Waals surface area contributed by atoms with E-state index in [2.05, 4.69) is 0 Å². The van der Waals surface area contributed by atoms with Gasteiger partial charge in [0.05, 0.1) is 18.8 Å². The number of pyridine rings is 1. The van der Waals surface area contributed by atoms with Gasteiger partial charge in [0.25, 0.3) is 0 Å². The van der Waals surface area contributed by atoms with Crippen molar-refractivity contribution in [2.24, 2.45) is 0 Å². The van der Waals surface area contributed by atoms with Crippen molar-refractivity contribution in [1.29, 1.82) is 0 Å². The molecule has 0 unspecified atom stereocenters. The molecule has 0 saturated heterocycles. The highest BCUT2D eigenvalue weighted by atomic mass is 16.7. The average molecular weight is 382 g/mol. The lowest BCUT2D eigenvalue weighted by molar-refractivity contribution is -0.212. The van der Waals surface area contributed by atoms with E-state index in [9.17, 15) is 14.4 Å². The normalized spacial score (nSPS) is 11.8. The second kappa shape index (κ2) is 9.03.